The van der Waals surface area contributed by atoms with Gasteiger partial charge < -0.3 is 14.9 Å². The first-order valence-electron chi connectivity index (χ1n) is 6.05. The van der Waals surface area contributed by atoms with Gasteiger partial charge in [-0.2, -0.15) is 0 Å². The summed E-state index contributed by atoms with van der Waals surface area (Å²) in [7, 11) is 0. The highest BCUT2D eigenvalue weighted by Crippen LogP contribution is 2.20. The summed E-state index contributed by atoms with van der Waals surface area (Å²) in [6.07, 6.45) is 0.873. The zero-order valence-corrected chi connectivity index (χ0v) is 10.9. The molecule has 1 aliphatic heterocycles. The molecule has 0 aliphatic carbocycles. The Morgan fingerprint density at radius 2 is 2.11 bits per heavy atom. The quantitative estimate of drug-likeness (QED) is 0.815. The van der Waals surface area contributed by atoms with E-state index in [1.165, 1.54) is 4.90 Å². The first-order chi connectivity index (χ1) is 8.49. The fourth-order valence-electron chi connectivity index (χ4n) is 2.25. The fourth-order valence-corrected chi connectivity index (χ4v) is 2.25. The lowest BCUT2D eigenvalue weighted by Crippen LogP contribution is -2.58. The molecule has 6 heteroatoms. The highest BCUT2D eigenvalue weighted by atomic mass is 16.4. The molecule has 2 heterocycles. The van der Waals surface area contributed by atoms with Crippen LogP contribution >= 0.6 is 0 Å². The van der Waals surface area contributed by atoms with Crippen LogP contribution < -0.4 is 4.90 Å². The molecular weight excluding hydrogens is 232 g/mol. The minimum absolute atomic E-state index is 0.0530. The van der Waals surface area contributed by atoms with Gasteiger partial charge in [-0.25, -0.2) is 14.8 Å². The fraction of sp³-hybridized carbons (Fsp3) is 0.583. The summed E-state index contributed by atoms with van der Waals surface area (Å²) in [5.41, 5.74) is 0.917. The Bertz CT molecular complexity index is 451. The second-order valence-corrected chi connectivity index (χ2v) is 4.78. The van der Waals surface area contributed by atoms with E-state index in [9.17, 15) is 4.79 Å². The SMILES string of the molecule is Cc1ccnc(N2C[C@@H](C)N(C(=O)O)C[C@@H]2C)n1. The molecule has 1 aromatic rings. The molecule has 0 bridgehead atoms. The Morgan fingerprint density at radius 3 is 2.72 bits per heavy atom. The molecule has 1 N–H and O–H groups in total. The van der Waals surface area contributed by atoms with Gasteiger partial charge in [-0.1, -0.05) is 0 Å². The Hall–Kier alpha value is -1.85. The number of aryl methyl sites for hydroxylation is 1. The molecule has 0 radical (unpaired) electrons. The smallest absolute Gasteiger partial charge is 0.407 e. The van der Waals surface area contributed by atoms with Gasteiger partial charge in [-0.05, 0) is 26.8 Å². The lowest BCUT2D eigenvalue weighted by molar-refractivity contribution is 0.114. The van der Waals surface area contributed by atoms with E-state index < -0.39 is 6.09 Å². The lowest BCUT2D eigenvalue weighted by Gasteiger charge is -2.42. The highest BCUT2D eigenvalue weighted by Gasteiger charge is 2.32. The van der Waals surface area contributed by atoms with Crippen molar-refractivity contribution in [3.8, 4) is 0 Å². The Kier molecular flexibility index (Phi) is 3.36. The molecule has 18 heavy (non-hydrogen) atoms. The van der Waals surface area contributed by atoms with Crippen molar-refractivity contribution < 1.29 is 9.90 Å². The number of rotatable bonds is 1. The lowest BCUT2D eigenvalue weighted by atomic mass is 10.1. The molecule has 1 aliphatic rings. The maximum Gasteiger partial charge on any atom is 0.407 e. The minimum Gasteiger partial charge on any atom is -0.465 e. The van der Waals surface area contributed by atoms with Crippen LogP contribution in [0.2, 0.25) is 0 Å². The Morgan fingerprint density at radius 1 is 1.39 bits per heavy atom. The van der Waals surface area contributed by atoms with Gasteiger partial charge in [0, 0.05) is 37.1 Å². The summed E-state index contributed by atoms with van der Waals surface area (Å²) >= 11 is 0. The number of amides is 1. The molecule has 98 valence electrons. The number of hydrogen-bond donors (Lipinski definition) is 1. The molecule has 0 unspecified atom stereocenters. The summed E-state index contributed by atoms with van der Waals surface area (Å²) in [5, 5.41) is 9.10. The zero-order chi connectivity index (χ0) is 13.3. The van der Waals surface area contributed by atoms with Crippen molar-refractivity contribution in [2.45, 2.75) is 32.9 Å². The number of nitrogens with zero attached hydrogens (tertiary/aromatic N) is 4. The second-order valence-electron chi connectivity index (χ2n) is 4.78. The third-order valence-corrected chi connectivity index (χ3v) is 3.27. The van der Waals surface area contributed by atoms with Gasteiger partial charge in [-0.15, -0.1) is 0 Å². The van der Waals surface area contributed by atoms with E-state index in [-0.39, 0.29) is 12.1 Å². The van der Waals surface area contributed by atoms with Gasteiger partial charge in [0.25, 0.3) is 0 Å². The molecule has 1 saturated heterocycles. The van der Waals surface area contributed by atoms with Crippen molar-refractivity contribution in [1.82, 2.24) is 14.9 Å². The van der Waals surface area contributed by atoms with Gasteiger partial charge in [-0.3, -0.25) is 0 Å². The van der Waals surface area contributed by atoms with Crippen molar-refractivity contribution in [3.05, 3.63) is 18.0 Å². The van der Waals surface area contributed by atoms with E-state index in [0.29, 0.717) is 19.0 Å². The molecule has 2 rings (SSSR count). The predicted molar refractivity (Wildman–Crippen MR) is 67.8 cm³/mol. The van der Waals surface area contributed by atoms with Crippen LogP contribution in [-0.4, -0.2) is 51.2 Å². The van der Waals surface area contributed by atoms with Gasteiger partial charge >= 0.3 is 6.09 Å². The predicted octanol–water partition coefficient (Wildman–Crippen LogP) is 1.36. The Labute approximate surface area is 106 Å². The van der Waals surface area contributed by atoms with Crippen molar-refractivity contribution in [3.63, 3.8) is 0 Å². The molecular formula is C12H18N4O2. The average Bonchev–Trinajstić information content (AvgIpc) is 2.31. The van der Waals surface area contributed by atoms with Crippen LogP contribution in [-0.2, 0) is 0 Å². The summed E-state index contributed by atoms with van der Waals surface area (Å²) in [5.74, 6) is 0.680. The van der Waals surface area contributed by atoms with Crippen molar-refractivity contribution in [2.24, 2.45) is 0 Å². The molecule has 1 fully saturated rings. The molecule has 1 amide bonds. The van der Waals surface area contributed by atoms with Crippen molar-refractivity contribution in [1.29, 1.82) is 0 Å². The number of anilines is 1. The third kappa shape index (κ3) is 2.37. The monoisotopic (exact) mass is 250 g/mol. The van der Waals surface area contributed by atoms with Crippen LogP contribution in [0.4, 0.5) is 10.7 Å². The number of aromatic nitrogens is 2. The summed E-state index contributed by atoms with van der Waals surface area (Å²) in [4.78, 5) is 23.3. The molecule has 0 saturated carbocycles. The maximum atomic E-state index is 11.1. The van der Waals surface area contributed by atoms with E-state index in [0.717, 1.165) is 5.69 Å². The maximum absolute atomic E-state index is 11.1. The second kappa shape index (κ2) is 4.80. The summed E-state index contributed by atoms with van der Waals surface area (Å²) in [6.45, 7) is 6.92. The number of piperazine rings is 1. The Balaban J connectivity index is 2.19. The molecule has 0 aromatic carbocycles. The molecule has 6 nitrogen and oxygen atoms in total. The van der Waals surface area contributed by atoms with E-state index >= 15 is 0 Å². The van der Waals surface area contributed by atoms with Gasteiger partial charge in [0.15, 0.2) is 0 Å². The number of carboxylic acid groups (broad SMARTS) is 1. The summed E-state index contributed by atoms with van der Waals surface area (Å²) < 4.78 is 0. The highest BCUT2D eigenvalue weighted by molar-refractivity contribution is 5.66. The first kappa shape index (κ1) is 12.6. The van der Waals surface area contributed by atoms with Crippen LogP contribution in [0.15, 0.2) is 12.3 Å². The van der Waals surface area contributed by atoms with Gasteiger partial charge in [0.1, 0.15) is 0 Å². The molecule has 0 spiro atoms. The van der Waals surface area contributed by atoms with E-state index in [4.69, 9.17) is 5.11 Å². The largest absolute Gasteiger partial charge is 0.465 e. The number of hydrogen-bond acceptors (Lipinski definition) is 4. The van der Waals surface area contributed by atoms with Gasteiger partial charge in [0.2, 0.25) is 5.95 Å². The van der Waals surface area contributed by atoms with Crippen LogP contribution in [0.1, 0.15) is 19.5 Å². The standard InChI is InChI=1S/C12H18N4O2/c1-8-4-5-13-11(14-8)15-6-10(3)16(12(17)18)7-9(15)2/h4-5,9-10H,6-7H2,1-3H3,(H,17,18)/t9-,10+/m0/s1. The third-order valence-electron chi connectivity index (χ3n) is 3.27. The topological polar surface area (TPSA) is 69.6 Å². The van der Waals surface area contributed by atoms with Gasteiger partial charge in [0.05, 0.1) is 0 Å². The van der Waals surface area contributed by atoms with Crippen LogP contribution in [0, 0.1) is 6.92 Å². The van der Waals surface area contributed by atoms with Crippen LogP contribution in [0.3, 0.4) is 0 Å². The van der Waals surface area contributed by atoms with E-state index in [1.54, 1.807) is 6.20 Å². The molecule has 1 aromatic heterocycles. The first-order valence-corrected chi connectivity index (χ1v) is 6.05. The van der Waals surface area contributed by atoms with E-state index in [2.05, 4.69) is 14.9 Å². The van der Waals surface area contributed by atoms with Crippen molar-refractivity contribution in [2.75, 3.05) is 18.0 Å². The minimum atomic E-state index is -0.862. The van der Waals surface area contributed by atoms with Crippen LogP contribution in [0.5, 0.6) is 0 Å². The van der Waals surface area contributed by atoms with E-state index in [1.807, 2.05) is 26.8 Å². The zero-order valence-electron chi connectivity index (χ0n) is 10.9. The summed E-state index contributed by atoms with van der Waals surface area (Å²) in [6, 6.07) is 1.88. The number of carbonyl (C=O) groups is 1. The van der Waals surface area contributed by atoms with Crippen molar-refractivity contribution >= 4 is 12.0 Å². The molecule has 2 atom stereocenters. The van der Waals surface area contributed by atoms with Crippen LogP contribution in [0.25, 0.3) is 0 Å². The average molecular weight is 250 g/mol. The normalized spacial score (nSPS) is 24.2.